The Labute approximate surface area is 130 Å². The quantitative estimate of drug-likeness (QED) is 0.478. The topological polar surface area (TPSA) is 0 Å². The second kappa shape index (κ2) is 6.77. The first-order valence-corrected chi connectivity index (χ1v) is 6.74. The Kier molecular flexibility index (Phi) is 4.98. The average Bonchev–Trinajstić information content (AvgIpc) is 2.44. The lowest BCUT2D eigenvalue weighted by molar-refractivity contribution is -0.0790. The van der Waals surface area contributed by atoms with Crippen molar-refractivity contribution in [1.82, 2.24) is 0 Å². The lowest BCUT2D eigenvalue weighted by atomic mass is 10.1. The molecule has 0 radical (unpaired) electrons. The molecule has 0 bridgehead atoms. The maximum absolute atomic E-state index is 13.8. The highest BCUT2D eigenvalue weighted by atomic mass is 19.4. The van der Waals surface area contributed by atoms with Crippen molar-refractivity contribution in [3.05, 3.63) is 76.4 Å². The van der Waals surface area contributed by atoms with Gasteiger partial charge in [-0.05, 0) is 36.3 Å². The molecule has 2 rings (SSSR count). The highest BCUT2D eigenvalue weighted by Crippen LogP contribution is 2.23. The minimum Gasteiger partial charge on any atom is -0.206 e. The van der Waals surface area contributed by atoms with Crippen LogP contribution in [-0.2, 0) is 0 Å². The van der Waals surface area contributed by atoms with Crippen LogP contribution in [0.1, 0.15) is 22.3 Å². The Bertz CT molecular complexity index is 714. The second-order valence-electron chi connectivity index (χ2n) is 5.02. The van der Waals surface area contributed by atoms with Gasteiger partial charge in [-0.25, -0.2) is 8.78 Å². The predicted molar refractivity (Wildman–Crippen MR) is 81.6 cm³/mol. The molecule has 0 saturated carbocycles. The number of alkyl halides is 3. The standard InChI is InChI=1S/C18H13F5/c1-12-2-4-13(5-3-12)6-7-14-10-16(19)15(17(20)11-14)8-9-18(21,22)23/h2-11H,1H3. The third-order valence-corrected chi connectivity index (χ3v) is 3.09. The molecule has 2 aromatic rings. The molecule has 0 nitrogen and oxygen atoms in total. The van der Waals surface area contributed by atoms with Crippen molar-refractivity contribution in [2.45, 2.75) is 13.1 Å². The van der Waals surface area contributed by atoms with E-state index in [4.69, 9.17) is 0 Å². The lowest BCUT2D eigenvalue weighted by Gasteiger charge is -2.03. The zero-order valence-electron chi connectivity index (χ0n) is 12.2. The molecule has 120 valence electrons. The molecule has 0 aromatic heterocycles. The van der Waals surface area contributed by atoms with E-state index in [1.165, 1.54) is 6.08 Å². The summed E-state index contributed by atoms with van der Waals surface area (Å²) in [6, 6.07) is 9.46. The van der Waals surface area contributed by atoms with Crippen LogP contribution < -0.4 is 0 Å². The van der Waals surface area contributed by atoms with Crippen LogP contribution in [0.2, 0.25) is 0 Å². The van der Waals surface area contributed by atoms with Crippen LogP contribution in [0.3, 0.4) is 0 Å². The first kappa shape index (κ1) is 16.9. The van der Waals surface area contributed by atoms with E-state index in [0.717, 1.165) is 23.3 Å². The summed E-state index contributed by atoms with van der Waals surface area (Å²) in [4.78, 5) is 0. The van der Waals surface area contributed by atoms with Gasteiger partial charge < -0.3 is 0 Å². The normalized spacial score (nSPS) is 12.4. The molecule has 0 atom stereocenters. The summed E-state index contributed by atoms with van der Waals surface area (Å²) in [6.45, 7) is 1.94. The van der Waals surface area contributed by atoms with Gasteiger partial charge in [0, 0.05) is 11.6 Å². The van der Waals surface area contributed by atoms with E-state index < -0.39 is 23.4 Å². The summed E-state index contributed by atoms with van der Waals surface area (Å²) in [5.74, 6) is -2.09. The molecule has 23 heavy (non-hydrogen) atoms. The van der Waals surface area contributed by atoms with Gasteiger partial charge in [-0.2, -0.15) is 13.2 Å². The maximum Gasteiger partial charge on any atom is 0.409 e. The molecule has 2 aromatic carbocycles. The molecule has 0 unspecified atom stereocenters. The monoisotopic (exact) mass is 324 g/mol. The SMILES string of the molecule is Cc1ccc(C=Cc2cc(F)c(C=CC(F)(F)F)c(F)c2)cc1. The molecule has 0 aliphatic heterocycles. The van der Waals surface area contributed by atoms with Crippen LogP contribution in [-0.4, -0.2) is 6.18 Å². The van der Waals surface area contributed by atoms with Crippen molar-refractivity contribution < 1.29 is 22.0 Å². The molecule has 0 aliphatic rings. The van der Waals surface area contributed by atoms with Crippen molar-refractivity contribution in [1.29, 1.82) is 0 Å². The van der Waals surface area contributed by atoms with E-state index in [0.29, 0.717) is 6.08 Å². The Morgan fingerprint density at radius 3 is 1.83 bits per heavy atom. The Hall–Kier alpha value is -2.43. The fourth-order valence-corrected chi connectivity index (χ4v) is 1.91. The molecule has 0 N–H and O–H groups in total. The van der Waals surface area contributed by atoms with Gasteiger partial charge in [0.1, 0.15) is 11.6 Å². The van der Waals surface area contributed by atoms with Gasteiger partial charge in [-0.15, -0.1) is 0 Å². The number of allylic oxidation sites excluding steroid dienone is 1. The molecule has 0 fully saturated rings. The average molecular weight is 324 g/mol. The van der Waals surface area contributed by atoms with Crippen molar-refractivity contribution >= 4 is 18.2 Å². The first-order chi connectivity index (χ1) is 10.7. The third kappa shape index (κ3) is 5.06. The van der Waals surface area contributed by atoms with Crippen LogP contribution in [0.5, 0.6) is 0 Å². The fourth-order valence-electron chi connectivity index (χ4n) is 1.91. The lowest BCUT2D eigenvalue weighted by Crippen LogP contribution is -2.01. The summed E-state index contributed by atoms with van der Waals surface area (Å²) < 4.78 is 63.8. The summed E-state index contributed by atoms with van der Waals surface area (Å²) in [5, 5.41) is 0. The first-order valence-electron chi connectivity index (χ1n) is 6.74. The fraction of sp³-hybridized carbons (Fsp3) is 0.111. The van der Waals surface area contributed by atoms with Gasteiger partial charge in [0.05, 0.1) is 0 Å². The van der Waals surface area contributed by atoms with Crippen molar-refractivity contribution in [2.75, 3.05) is 0 Å². The van der Waals surface area contributed by atoms with E-state index in [1.807, 2.05) is 31.2 Å². The summed E-state index contributed by atoms with van der Waals surface area (Å²) >= 11 is 0. The smallest absolute Gasteiger partial charge is 0.206 e. The number of halogens is 5. The second-order valence-corrected chi connectivity index (χ2v) is 5.02. The Balaban J connectivity index is 2.25. The molecular weight excluding hydrogens is 311 g/mol. The highest BCUT2D eigenvalue weighted by Gasteiger charge is 2.22. The van der Waals surface area contributed by atoms with Crippen molar-refractivity contribution in [2.24, 2.45) is 0 Å². The maximum atomic E-state index is 13.8. The summed E-state index contributed by atoms with van der Waals surface area (Å²) in [5.41, 5.74) is 1.44. The van der Waals surface area contributed by atoms with Crippen LogP contribution in [0.15, 0.2) is 42.5 Å². The van der Waals surface area contributed by atoms with E-state index >= 15 is 0 Å². The van der Waals surface area contributed by atoms with Gasteiger partial charge in [-0.3, -0.25) is 0 Å². The van der Waals surface area contributed by atoms with Gasteiger partial charge in [0.25, 0.3) is 0 Å². The molecule has 0 saturated heterocycles. The number of benzene rings is 2. The van der Waals surface area contributed by atoms with Gasteiger partial charge in [-0.1, -0.05) is 42.0 Å². The van der Waals surface area contributed by atoms with Crippen LogP contribution >= 0.6 is 0 Å². The highest BCUT2D eigenvalue weighted by molar-refractivity contribution is 5.70. The van der Waals surface area contributed by atoms with Crippen LogP contribution in [0.25, 0.3) is 18.2 Å². The van der Waals surface area contributed by atoms with E-state index in [9.17, 15) is 22.0 Å². The molecule has 5 heteroatoms. The largest absolute Gasteiger partial charge is 0.409 e. The zero-order chi connectivity index (χ0) is 17.0. The van der Waals surface area contributed by atoms with E-state index in [2.05, 4.69) is 0 Å². The molecular formula is C18H13F5. The van der Waals surface area contributed by atoms with E-state index in [-0.39, 0.29) is 11.6 Å². The Morgan fingerprint density at radius 1 is 0.783 bits per heavy atom. The summed E-state index contributed by atoms with van der Waals surface area (Å²) in [6.07, 6.45) is -1.27. The number of hydrogen-bond acceptors (Lipinski definition) is 0. The van der Waals surface area contributed by atoms with Gasteiger partial charge in [0.15, 0.2) is 0 Å². The minimum atomic E-state index is -4.62. The van der Waals surface area contributed by atoms with Gasteiger partial charge in [0.2, 0.25) is 0 Å². The summed E-state index contributed by atoms with van der Waals surface area (Å²) in [7, 11) is 0. The third-order valence-electron chi connectivity index (χ3n) is 3.09. The number of rotatable bonds is 3. The van der Waals surface area contributed by atoms with E-state index in [1.54, 1.807) is 6.08 Å². The molecule has 0 amide bonds. The molecule has 0 heterocycles. The molecule has 0 aliphatic carbocycles. The zero-order valence-corrected chi connectivity index (χ0v) is 12.2. The minimum absolute atomic E-state index is 0.198. The van der Waals surface area contributed by atoms with Crippen LogP contribution in [0.4, 0.5) is 22.0 Å². The predicted octanol–water partition coefficient (Wildman–Crippen LogP) is 6.02. The number of hydrogen-bond donors (Lipinski definition) is 0. The Morgan fingerprint density at radius 2 is 1.30 bits per heavy atom. The number of aryl methyl sites for hydroxylation is 1. The van der Waals surface area contributed by atoms with Crippen molar-refractivity contribution in [3.8, 4) is 0 Å². The van der Waals surface area contributed by atoms with Crippen molar-refractivity contribution in [3.63, 3.8) is 0 Å². The molecule has 0 spiro atoms. The van der Waals surface area contributed by atoms with Crippen LogP contribution in [0, 0.1) is 18.6 Å². The van der Waals surface area contributed by atoms with Gasteiger partial charge >= 0.3 is 6.18 Å².